The zero-order chi connectivity index (χ0) is 13.8. The van der Waals surface area contributed by atoms with Crippen LogP contribution < -0.4 is 5.32 Å². The molecule has 1 N–H and O–H groups in total. The van der Waals surface area contributed by atoms with Gasteiger partial charge in [-0.25, -0.2) is 14.4 Å². The predicted octanol–water partition coefficient (Wildman–Crippen LogP) is 3.93. The molecule has 1 aromatic carbocycles. The minimum atomic E-state index is -0.372. The summed E-state index contributed by atoms with van der Waals surface area (Å²) >= 11 is 5.77. The fourth-order valence-electron chi connectivity index (χ4n) is 1.98. The summed E-state index contributed by atoms with van der Waals surface area (Å²) in [6.07, 6.45) is 2.17. The summed E-state index contributed by atoms with van der Waals surface area (Å²) in [5, 5.41) is 3.54. The highest BCUT2D eigenvalue weighted by atomic mass is 35.5. The number of hydrogen-bond acceptors (Lipinski definition) is 3. The third-order valence-electron chi connectivity index (χ3n) is 2.83. The van der Waals surface area contributed by atoms with Crippen molar-refractivity contribution < 1.29 is 4.39 Å². The van der Waals surface area contributed by atoms with Crippen LogP contribution in [0, 0.1) is 5.82 Å². The highest BCUT2D eigenvalue weighted by Gasteiger charge is 2.14. The van der Waals surface area contributed by atoms with Gasteiger partial charge in [0.05, 0.1) is 5.69 Å². The number of anilines is 1. The standard InChI is InChI=1S/C14H15ClFN3/c1-3-10-13(18-8-19-14(10)17-4-2)11-6-5-9(15)7-12(11)16/h5-8H,3-4H2,1-2H3,(H,17,18,19). The van der Waals surface area contributed by atoms with Gasteiger partial charge < -0.3 is 5.32 Å². The molecule has 0 saturated carbocycles. The third-order valence-corrected chi connectivity index (χ3v) is 3.06. The lowest BCUT2D eigenvalue weighted by molar-refractivity contribution is 0.630. The van der Waals surface area contributed by atoms with Gasteiger partial charge >= 0.3 is 0 Å². The Bertz CT molecular complexity index is 587. The molecule has 0 radical (unpaired) electrons. The van der Waals surface area contributed by atoms with Crippen molar-refractivity contribution in [2.24, 2.45) is 0 Å². The van der Waals surface area contributed by atoms with Gasteiger partial charge in [0.2, 0.25) is 0 Å². The molecule has 3 nitrogen and oxygen atoms in total. The lowest BCUT2D eigenvalue weighted by atomic mass is 10.0. The van der Waals surface area contributed by atoms with Gasteiger partial charge in [0.1, 0.15) is 18.0 Å². The highest BCUT2D eigenvalue weighted by Crippen LogP contribution is 2.29. The van der Waals surface area contributed by atoms with Crippen molar-refractivity contribution in [2.45, 2.75) is 20.3 Å². The summed E-state index contributed by atoms with van der Waals surface area (Å²) in [5.74, 6) is 0.382. The largest absolute Gasteiger partial charge is 0.370 e. The average Bonchev–Trinajstić information content (AvgIpc) is 2.39. The number of hydrogen-bond donors (Lipinski definition) is 1. The molecule has 0 aliphatic rings. The van der Waals surface area contributed by atoms with E-state index in [1.165, 1.54) is 12.4 Å². The predicted molar refractivity (Wildman–Crippen MR) is 76.0 cm³/mol. The van der Waals surface area contributed by atoms with Crippen molar-refractivity contribution >= 4 is 17.4 Å². The lowest BCUT2D eigenvalue weighted by Gasteiger charge is -2.13. The van der Waals surface area contributed by atoms with Gasteiger partial charge in [-0.3, -0.25) is 0 Å². The lowest BCUT2D eigenvalue weighted by Crippen LogP contribution is -2.06. The van der Waals surface area contributed by atoms with Crippen LogP contribution >= 0.6 is 11.6 Å². The van der Waals surface area contributed by atoms with Crippen LogP contribution in [0.3, 0.4) is 0 Å². The first-order valence-corrected chi connectivity index (χ1v) is 6.58. The first-order valence-electron chi connectivity index (χ1n) is 6.20. The van der Waals surface area contributed by atoms with Crippen molar-refractivity contribution in [1.29, 1.82) is 0 Å². The quantitative estimate of drug-likeness (QED) is 0.921. The van der Waals surface area contributed by atoms with Gasteiger partial charge in [-0.15, -0.1) is 0 Å². The molecule has 2 rings (SSSR count). The van der Waals surface area contributed by atoms with E-state index in [9.17, 15) is 4.39 Å². The molecule has 0 atom stereocenters. The Morgan fingerprint density at radius 2 is 2.05 bits per heavy atom. The molecule has 1 heterocycles. The maximum atomic E-state index is 14.0. The smallest absolute Gasteiger partial charge is 0.134 e. The van der Waals surface area contributed by atoms with Gasteiger partial charge in [-0.1, -0.05) is 18.5 Å². The number of nitrogens with zero attached hydrogens (tertiary/aromatic N) is 2. The molecule has 0 amide bonds. The SMILES string of the molecule is CCNc1ncnc(-c2ccc(Cl)cc2F)c1CC. The zero-order valence-electron chi connectivity index (χ0n) is 10.9. The third kappa shape index (κ3) is 2.84. The molecule has 100 valence electrons. The van der Waals surface area contributed by atoms with Gasteiger partial charge in [-0.2, -0.15) is 0 Å². The monoisotopic (exact) mass is 279 g/mol. The topological polar surface area (TPSA) is 37.8 Å². The molecule has 0 aliphatic carbocycles. The summed E-state index contributed by atoms with van der Waals surface area (Å²) in [6.45, 7) is 4.74. The van der Waals surface area contributed by atoms with E-state index in [-0.39, 0.29) is 5.82 Å². The summed E-state index contributed by atoms with van der Waals surface area (Å²) in [7, 11) is 0. The summed E-state index contributed by atoms with van der Waals surface area (Å²) in [6, 6.07) is 4.61. The molecule has 5 heteroatoms. The van der Waals surface area contributed by atoms with E-state index in [2.05, 4.69) is 15.3 Å². The average molecular weight is 280 g/mol. The van der Waals surface area contributed by atoms with E-state index in [0.717, 1.165) is 24.3 Å². The van der Waals surface area contributed by atoms with Crippen LogP contribution in [-0.2, 0) is 6.42 Å². The van der Waals surface area contributed by atoms with E-state index in [4.69, 9.17) is 11.6 Å². The van der Waals surface area contributed by atoms with Crippen molar-refractivity contribution in [1.82, 2.24) is 9.97 Å². The molecular weight excluding hydrogens is 265 g/mol. The van der Waals surface area contributed by atoms with E-state index >= 15 is 0 Å². The Morgan fingerprint density at radius 1 is 1.26 bits per heavy atom. The number of nitrogens with one attached hydrogen (secondary N) is 1. The van der Waals surface area contributed by atoms with Crippen molar-refractivity contribution in [2.75, 3.05) is 11.9 Å². The van der Waals surface area contributed by atoms with Crippen molar-refractivity contribution in [3.8, 4) is 11.3 Å². The first kappa shape index (κ1) is 13.7. The second-order valence-electron chi connectivity index (χ2n) is 4.06. The van der Waals surface area contributed by atoms with Crippen LogP contribution in [0.4, 0.5) is 10.2 Å². The molecule has 1 aromatic heterocycles. The molecule has 0 fully saturated rings. The number of rotatable bonds is 4. The van der Waals surface area contributed by atoms with E-state index in [1.807, 2.05) is 13.8 Å². The Balaban J connectivity index is 2.58. The summed E-state index contributed by atoms with van der Waals surface area (Å²) < 4.78 is 14.0. The highest BCUT2D eigenvalue weighted by molar-refractivity contribution is 6.30. The van der Waals surface area contributed by atoms with E-state index in [0.29, 0.717) is 16.3 Å². The van der Waals surface area contributed by atoms with Gasteiger partial charge in [0, 0.05) is 22.7 Å². The van der Waals surface area contributed by atoms with Crippen LogP contribution in [0.2, 0.25) is 5.02 Å². The molecule has 0 saturated heterocycles. The molecule has 19 heavy (non-hydrogen) atoms. The number of aromatic nitrogens is 2. The van der Waals surface area contributed by atoms with Gasteiger partial charge in [0.25, 0.3) is 0 Å². The molecule has 0 aliphatic heterocycles. The Hall–Kier alpha value is -1.68. The summed E-state index contributed by atoms with van der Waals surface area (Å²) in [4.78, 5) is 8.42. The Morgan fingerprint density at radius 3 is 2.68 bits per heavy atom. The normalized spacial score (nSPS) is 10.5. The molecule has 0 bridgehead atoms. The molecule has 2 aromatic rings. The first-order chi connectivity index (χ1) is 9.17. The maximum absolute atomic E-state index is 14.0. The number of benzene rings is 1. The second-order valence-corrected chi connectivity index (χ2v) is 4.49. The minimum absolute atomic E-state index is 0.372. The van der Waals surface area contributed by atoms with Gasteiger partial charge in [-0.05, 0) is 31.5 Å². The van der Waals surface area contributed by atoms with Crippen molar-refractivity contribution in [3.63, 3.8) is 0 Å². The van der Waals surface area contributed by atoms with Crippen LogP contribution in [0.1, 0.15) is 19.4 Å². The van der Waals surface area contributed by atoms with Crippen LogP contribution in [0.5, 0.6) is 0 Å². The molecule has 0 unspecified atom stereocenters. The van der Waals surface area contributed by atoms with Crippen LogP contribution in [0.25, 0.3) is 11.3 Å². The molecular formula is C14H15ClFN3. The Labute approximate surface area is 116 Å². The maximum Gasteiger partial charge on any atom is 0.134 e. The van der Waals surface area contributed by atoms with Crippen molar-refractivity contribution in [3.05, 3.63) is 40.9 Å². The second kappa shape index (κ2) is 5.97. The Kier molecular flexibility index (Phi) is 4.32. The molecule has 0 spiro atoms. The van der Waals surface area contributed by atoms with Crippen LogP contribution in [0.15, 0.2) is 24.5 Å². The zero-order valence-corrected chi connectivity index (χ0v) is 11.6. The fourth-order valence-corrected chi connectivity index (χ4v) is 2.14. The number of halogens is 2. The minimum Gasteiger partial charge on any atom is -0.370 e. The van der Waals surface area contributed by atoms with E-state index in [1.54, 1.807) is 12.1 Å². The van der Waals surface area contributed by atoms with Crippen LogP contribution in [-0.4, -0.2) is 16.5 Å². The van der Waals surface area contributed by atoms with E-state index < -0.39 is 0 Å². The summed E-state index contributed by atoms with van der Waals surface area (Å²) in [5.41, 5.74) is 1.97. The van der Waals surface area contributed by atoms with Gasteiger partial charge in [0.15, 0.2) is 0 Å². The fraction of sp³-hybridized carbons (Fsp3) is 0.286.